The van der Waals surface area contributed by atoms with Gasteiger partial charge in [0.25, 0.3) is 6.43 Å². The molecule has 0 spiro atoms. The summed E-state index contributed by atoms with van der Waals surface area (Å²) in [4.78, 5) is 15.9. The van der Waals surface area contributed by atoms with Crippen molar-refractivity contribution in [2.24, 2.45) is 5.92 Å². The molecule has 0 fully saturated rings. The molecule has 2 aromatic rings. The normalized spacial score (nSPS) is 12.0. The number of nitrogens with zero attached hydrogens (tertiary/aromatic N) is 3. The second-order valence-corrected chi connectivity index (χ2v) is 8.29. The summed E-state index contributed by atoms with van der Waals surface area (Å²) in [6.07, 6.45) is -0.783. The molecule has 7 nitrogen and oxygen atoms in total. The zero-order valence-corrected chi connectivity index (χ0v) is 15.6. The molecule has 0 atom stereocenters. The average molecular weight is 386 g/mol. The van der Waals surface area contributed by atoms with E-state index >= 15 is 0 Å². The molecule has 0 unspecified atom stereocenters. The molecular formula is C16H20F2N4O3S. The van der Waals surface area contributed by atoms with E-state index in [4.69, 9.17) is 0 Å². The number of halogens is 2. The molecule has 2 heterocycles. The highest BCUT2D eigenvalue weighted by atomic mass is 32.2. The topological polar surface area (TPSA) is 94.0 Å². The van der Waals surface area contributed by atoms with Crippen molar-refractivity contribution in [3.8, 4) is 5.82 Å². The number of Topliss-reactive ketones (excluding diaryl/α,β-unsaturated/α-hetero) is 1. The van der Waals surface area contributed by atoms with E-state index in [0.29, 0.717) is 6.54 Å². The lowest BCUT2D eigenvalue weighted by Crippen LogP contribution is -2.14. The van der Waals surface area contributed by atoms with Crippen molar-refractivity contribution in [1.82, 2.24) is 14.8 Å². The molecule has 0 saturated heterocycles. The summed E-state index contributed by atoms with van der Waals surface area (Å²) in [5, 5.41) is 6.81. The monoisotopic (exact) mass is 386 g/mol. The van der Waals surface area contributed by atoms with E-state index < -0.39 is 27.7 Å². The fourth-order valence-corrected chi connectivity index (χ4v) is 2.84. The Morgan fingerprint density at radius 3 is 2.38 bits per heavy atom. The second kappa shape index (κ2) is 7.48. The van der Waals surface area contributed by atoms with Gasteiger partial charge in [-0.1, -0.05) is 13.8 Å². The molecule has 10 heteroatoms. The molecular weight excluding hydrogens is 366 g/mol. The largest absolute Gasteiger partial charge is 0.369 e. The van der Waals surface area contributed by atoms with Gasteiger partial charge in [0.2, 0.25) is 0 Å². The minimum Gasteiger partial charge on any atom is -0.369 e. The Kier molecular flexibility index (Phi) is 5.74. The SMILES string of the molecule is CC(=O)c1c(C(F)F)nn(-c2ccc(S(C)(=O)=O)cn2)c1NCC(C)C. The number of nitrogens with one attached hydrogen (secondary N) is 1. The molecule has 0 aromatic carbocycles. The van der Waals surface area contributed by atoms with Crippen LogP contribution in [0.3, 0.4) is 0 Å². The molecule has 0 aliphatic carbocycles. The highest BCUT2D eigenvalue weighted by Gasteiger charge is 2.28. The van der Waals surface area contributed by atoms with E-state index in [0.717, 1.165) is 17.1 Å². The third-order valence-electron chi connectivity index (χ3n) is 3.51. The van der Waals surface area contributed by atoms with Gasteiger partial charge in [0, 0.05) is 19.0 Å². The van der Waals surface area contributed by atoms with Gasteiger partial charge in [0.15, 0.2) is 21.4 Å². The van der Waals surface area contributed by atoms with Gasteiger partial charge in [-0.15, -0.1) is 0 Å². The lowest BCUT2D eigenvalue weighted by Gasteiger charge is -2.12. The smallest absolute Gasteiger partial charge is 0.282 e. The lowest BCUT2D eigenvalue weighted by molar-refractivity contribution is 0.0998. The molecule has 0 aliphatic heterocycles. The van der Waals surface area contributed by atoms with E-state index in [1.54, 1.807) is 0 Å². The van der Waals surface area contributed by atoms with Gasteiger partial charge >= 0.3 is 0 Å². The molecule has 1 N–H and O–H groups in total. The quantitative estimate of drug-likeness (QED) is 0.736. The Balaban J connectivity index is 2.62. The first-order valence-corrected chi connectivity index (χ1v) is 9.73. The number of rotatable bonds is 7. The van der Waals surface area contributed by atoms with Crippen LogP contribution >= 0.6 is 0 Å². The summed E-state index contributed by atoms with van der Waals surface area (Å²) in [6, 6.07) is 2.66. The Morgan fingerprint density at radius 1 is 1.31 bits per heavy atom. The highest BCUT2D eigenvalue weighted by molar-refractivity contribution is 7.90. The molecule has 0 aliphatic rings. The number of pyridine rings is 1. The van der Waals surface area contributed by atoms with Crippen molar-refractivity contribution < 1.29 is 22.0 Å². The summed E-state index contributed by atoms with van der Waals surface area (Å²) in [6.45, 7) is 5.46. The van der Waals surface area contributed by atoms with Crippen LogP contribution in [0.4, 0.5) is 14.6 Å². The van der Waals surface area contributed by atoms with Crippen LogP contribution in [0.25, 0.3) is 5.82 Å². The van der Waals surface area contributed by atoms with Crippen molar-refractivity contribution >= 4 is 21.4 Å². The van der Waals surface area contributed by atoms with Gasteiger partial charge in [-0.25, -0.2) is 22.2 Å². The van der Waals surface area contributed by atoms with Crippen LogP contribution in [-0.4, -0.2) is 41.8 Å². The Labute approximate surface area is 150 Å². The van der Waals surface area contributed by atoms with Gasteiger partial charge in [-0.05, 0) is 25.0 Å². The molecule has 0 saturated carbocycles. The number of carbonyl (C=O) groups is 1. The number of aromatic nitrogens is 3. The number of alkyl halides is 2. The summed E-state index contributed by atoms with van der Waals surface area (Å²) in [5.74, 6) is -0.126. The Morgan fingerprint density at radius 2 is 1.96 bits per heavy atom. The van der Waals surface area contributed by atoms with E-state index in [1.807, 2.05) is 13.8 Å². The molecule has 0 amide bonds. The Hall–Kier alpha value is -2.36. The maximum atomic E-state index is 13.4. The van der Waals surface area contributed by atoms with Crippen LogP contribution in [-0.2, 0) is 9.84 Å². The summed E-state index contributed by atoms with van der Waals surface area (Å²) in [5.41, 5.74) is -0.840. The van der Waals surface area contributed by atoms with Crippen molar-refractivity contribution in [2.75, 3.05) is 18.1 Å². The lowest BCUT2D eigenvalue weighted by atomic mass is 10.1. The Bertz CT molecular complexity index is 906. The molecule has 0 radical (unpaired) electrons. The number of carbonyl (C=O) groups excluding carboxylic acids is 1. The van der Waals surface area contributed by atoms with Crippen LogP contribution in [0, 0.1) is 5.92 Å². The number of ketones is 1. The van der Waals surface area contributed by atoms with E-state index in [1.165, 1.54) is 19.1 Å². The average Bonchev–Trinajstić information content (AvgIpc) is 2.92. The summed E-state index contributed by atoms with van der Waals surface area (Å²) < 4.78 is 50.9. The molecule has 2 rings (SSSR count). The van der Waals surface area contributed by atoms with Crippen molar-refractivity contribution in [3.63, 3.8) is 0 Å². The van der Waals surface area contributed by atoms with Crippen LogP contribution < -0.4 is 5.32 Å². The highest BCUT2D eigenvalue weighted by Crippen LogP contribution is 2.30. The first-order valence-electron chi connectivity index (χ1n) is 7.84. The predicted octanol–water partition coefficient (Wildman–Crippen LogP) is 2.88. The first kappa shape index (κ1) is 20.0. The molecule has 0 bridgehead atoms. The van der Waals surface area contributed by atoms with Gasteiger partial charge in [0.1, 0.15) is 11.5 Å². The number of anilines is 1. The number of sulfone groups is 1. The second-order valence-electron chi connectivity index (χ2n) is 6.28. The molecule has 2 aromatic heterocycles. The van der Waals surface area contributed by atoms with E-state index in [2.05, 4.69) is 15.4 Å². The van der Waals surface area contributed by atoms with Crippen LogP contribution in [0.5, 0.6) is 0 Å². The third-order valence-corrected chi connectivity index (χ3v) is 4.61. The van der Waals surface area contributed by atoms with Gasteiger partial charge in [0.05, 0.1) is 10.5 Å². The van der Waals surface area contributed by atoms with Crippen LogP contribution in [0.2, 0.25) is 0 Å². The maximum Gasteiger partial charge on any atom is 0.282 e. The fraction of sp³-hybridized carbons (Fsp3) is 0.438. The van der Waals surface area contributed by atoms with E-state index in [-0.39, 0.29) is 28.0 Å². The molecule has 26 heavy (non-hydrogen) atoms. The summed E-state index contributed by atoms with van der Waals surface area (Å²) in [7, 11) is -3.45. The molecule has 142 valence electrons. The van der Waals surface area contributed by atoms with Crippen LogP contribution in [0.1, 0.15) is 43.2 Å². The minimum atomic E-state index is -3.45. The number of hydrogen-bond donors (Lipinski definition) is 1. The number of hydrogen-bond acceptors (Lipinski definition) is 6. The van der Waals surface area contributed by atoms with Crippen molar-refractivity contribution in [1.29, 1.82) is 0 Å². The van der Waals surface area contributed by atoms with E-state index in [9.17, 15) is 22.0 Å². The zero-order chi connectivity index (χ0) is 19.6. The maximum absolute atomic E-state index is 13.4. The zero-order valence-electron chi connectivity index (χ0n) is 14.8. The van der Waals surface area contributed by atoms with Gasteiger partial charge in [-0.2, -0.15) is 9.78 Å². The van der Waals surface area contributed by atoms with Crippen molar-refractivity contribution in [2.45, 2.75) is 32.1 Å². The minimum absolute atomic E-state index is 0.00836. The standard InChI is InChI=1S/C16H20F2N4O3S/c1-9(2)7-20-16-13(10(3)23)14(15(17)18)21-22(16)12-6-5-11(8-19-12)26(4,24)25/h5-6,8-9,15,20H,7H2,1-4H3. The predicted molar refractivity (Wildman–Crippen MR) is 92.8 cm³/mol. The van der Waals surface area contributed by atoms with Crippen molar-refractivity contribution in [3.05, 3.63) is 29.6 Å². The van der Waals surface area contributed by atoms with Crippen LogP contribution in [0.15, 0.2) is 23.2 Å². The third kappa shape index (κ3) is 4.24. The summed E-state index contributed by atoms with van der Waals surface area (Å²) >= 11 is 0. The fourth-order valence-electron chi connectivity index (χ4n) is 2.28. The van der Waals surface area contributed by atoms with Gasteiger partial charge < -0.3 is 5.32 Å². The first-order chi connectivity index (χ1) is 12.0. The van der Waals surface area contributed by atoms with Gasteiger partial charge in [-0.3, -0.25) is 4.79 Å².